The molecule has 1 fully saturated rings. The second-order valence-electron chi connectivity index (χ2n) is 5.50. The molecular formula is C13H13Cl2FN2. The fourth-order valence-corrected chi connectivity index (χ4v) is 2.81. The fraction of sp³-hybridized carbons (Fsp3) is 0.462. The molecule has 5 heteroatoms. The zero-order chi connectivity index (χ0) is 13.1. The van der Waals surface area contributed by atoms with E-state index in [0.717, 1.165) is 17.8 Å². The maximum absolute atomic E-state index is 13.6. The Kier molecular flexibility index (Phi) is 2.62. The van der Waals surface area contributed by atoms with Crippen LogP contribution in [0.1, 0.15) is 32.1 Å². The zero-order valence-electron chi connectivity index (χ0n) is 10.2. The Labute approximate surface area is 115 Å². The predicted molar refractivity (Wildman–Crippen MR) is 71.7 cm³/mol. The molecule has 1 atom stereocenters. The van der Waals surface area contributed by atoms with Gasteiger partial charge in [-0.2, -0.15) is 0 Å². The molecule has 96 valence electrons. The summed E-state index contributed by atoms with van der Waals surface area (Å²) >= 11 is 11.7. The van der Waals surface area contributed by atoms with Crippen molar-refractivity contribution in [3.05, 3.63) is 28.8 Å². The molecule has 0 amide bonds. The first-order valence-electron chi connectivity index (χ1n) is 5.86. The van der Waals surface area contributed by atoms with Crippen molar-refractivity contribution >= 4 is 34.2 Å². The Hall–Kier alpha value is -0.800. The maximum Gasteiger partial charge on any atom is 0.144 e. The molecule has 0 aliphatic heterocycles. The van der Waals surface area contributed by atoms with Crippen LogP contribution in [-0.2, 0) is 5.88 Å². The summed E-state index contributed by atoms with van der Waals surface area (Å²) < 4.78 is 15.7. The third kappa shape index (κ3) is 1.72. The van der Waals surface area contributed by atoms with Crippen LogP contribution in [0.25, 0.3) is 11.0 Å². The van der Waals surface area contributed by atoms with E-state index in [1.807, 2.05) is 0 Å². The smallest absolute Gasteiger partial charge is 0.144 e. The summed E-state index contributed by atoms with van der Waals surface area (Å²) in [6.07, 6.45) is 1.06. The van der Waals surface area contributed by atoms with E-state index >= 15 is 0 Å². The molecule has 1 aliphatic rings. The van der Waals surface area contributed by atoms with Gasteiger partial charge in [0.25, 0.3) is 0 Å². The molecule has 1 aromatic heterocycles. The molecule has 1 heterocycles. The Morgan fingerprint density at radius 3 is 2.72 bits per heavy atom. The van der Waals surface area contributed by atoms with Gasteiger partial charge in [-0.1, -0.05) is 25.4 Å². The summed E-state index contributed by atoms with van der Waals surface area (Å²) in [6.45, 7) is 4.38. The highest BCUT2D eigenvalue weighted by Crippen LogP contribution is 2.56. The minimum atomic E-state index is -0.412. The highest BCUT2D eigenvalue weighted by atomic mass is 35.5. The summed E-state index contributed by atoms with van der Waals surface area (Å²) in [4.78, 5) is 4.44. The number of alkyl halides is 1. The Balaban J connectivity index is 2.25. The number of halogens is 3. The first-order valence-corrected chi connectivity index (χ1v) is 6.77. The number of rotatable bonds is 2. The van der Waals surface area contributed by atoms with Crippen molar-refractivity contribution in [3.8, 4) is 0 Å². The third-order valence-electron chi connectivity index (χ3n) is 3.70. The molecule has 1 aliphatic carbocycles. The second kappa shape index (κ2) is 3.84. The van der Waals surface area contributed by atoms with Crippen molar-refractivity contribution in [1.29, 1.82) is 0 Å². The minimum absolute atomic E-state index is 0.100. The lowest BCUT2D eigenvalue weighted by Gasteiger charge is -2.09. The Morgan fingerprint density at radius 1 is 1.50 bits per heavy atom. The fourth-order valence-electron chi connectivity index (χ4n) is 2.46. The topological polar surface area (TPSA) is 17.8 Å². The number of fused-ring (bicyclic) bond motifs is 1. The first-order chi connectivity index (χ1) is 8.44. The van der Waals surface area contributed by atoms with Crippen LogP contribution in [0.3, 0.4) is 0 Å². The molecule has 0 radical (unpaired) electrons. The molecule has 18 heavy (non-hydrogen) atoms. The Morgan fingerprint density at radius 2 is 2.17 bits per heavy atom. The maximum atomic E-state index is 13.6. The average molecular weight is 287 g/mol. The van der Waals surface area contributed by atoms with Crippen LogP contribution >= 0.6 is 23.2 Å². The second-order valence-corrected chi connectivity index (χ2v) is 6.17. The van der Waals surface area contributed by atoms with Gasteiger partial charge in [0.15, 0.2) is 0 Å². The van der Waals surface area contributed by atoms with Crippen LogP contribution < -0.4 is 0 Å². The van der Waals surface area contributed by atoms with Crippen LogP contribution in [0, 0.1) is 11.2 Å². The van der Waals surface area contributed by atoms with E-state index < -0.39 is 5.82 Å². The SMILES string of the molecule is CC1(C)CC1n1c(CCl)nc2cc(Cl)c(F)cc21. The molecule has 3 rings (SSSR count). The van der Waals surface area contributed by atoms with Crippen molar-refractivity contribution in [3.63, 3.8) is 0 Å². The average Bonchev–Trinajstić information content (AvgIpc) is 2.78. The van der Waals surface area contributed by atoms with E-state index in [-0.39, 0.29) is 10.4 Å². The van der Waals surface area contributed by atoms with Crippen LogP contribution in [-0.4, -0.2) is 9.55 Å². The lowest BCUT2D eigenvalue weighted by Crippen LogP contribution is -2.04. The summed E-state index contributed by atoms with van der Waals surface area (Å²) in [5.41, 5.74) is 1.72. The number of nitrogens with zero attached hydrogens (tertiary/aromatic N) is 2. The molecule has 1 unspecified atom stereocenters. The van der Waals surface area contributed by atoms with Gasteiger partial charge in [-0.05, 0) is 17.9 Å². The summed E-state index contributed by atoms with van der Waals surface area (Å²) in [5.74, 6) is 0.689. The van der Waals surface area contributed by atoms with Gasteiger partial charge >= 0.3 is 0 Å². The van der Waals surface area contributed by atoms with Crippen molar-refractivity contribution < 1.29 is 4.39 Å². The van der Waals surface area contributed by atoms with Gasteiger partial charge in [-0.15, -0.1) is 11.6 Å². The molecule has 0 N–H and O–H groups in total. The van der Waals surface area contributed by atoms with Crippen molar-refractivity contribution in [2.75, 3.05) is 0 Å². The first kappa shape index (κ1) is 12.2. The molecule has 0 spiro atoms. The molecule has 1 aromatic carbocycles. The predicted octanol–water partition coefficient (Wildman–Crippen LogP) is 4.54. The Bertz CT molecular complexity index is 633. The molecule has 2 nitrogen and oxygen atoms in total. The van der Waals surface area contributed by atoms with Crippen molar-refractivity contribution in [1.82, 2.24) is 9.55 Å². The van der Waals surface area contributed by atoms with Gasteiger partial charge in [-0.25, -0.2) is 9.37 Å². The summed E-state index contributed by atoms with van der Waals surface area (Å²) in [7, 11) is 0. The molecule has 1 saturated carbocycles. The van der Waals surface area contributed by atoms with Gasteiger partial charge in [0, 0.05) is 12.1 Å². The lowest BCUT2D eigenvalue weighted by molar-refractivity contribution is 0.539. The van der Waals surface area contributed by atoms with E-state index in [4.69, 9.17) is 23.2 Å². The van der Waals surface area contributed by atoms with Crippen LogP contribution in [0.15, 0.2) is 12.1 Å². The highest BCUT2D eigenvalue weighted by Gasteiger charge is 2.48. The molecule has 2 aromatic rings. The van der Waals surface area contributed by atoms with Gasteiger partial charge < -0.3 is 4.57 Å². The molecule has 0 bridgehead atoms. The number of hydrogen-bond donors (Lipinski definition) is 0. The molecule has 0 saturated heterocycles. The van der Waals surface area contributed by atoms with Gasteiger partial charge in [0.2, 0.25) is 0 Å². The van der Waals surface area contributed by atoms with Crippen molar-refractivity contribution in [2.24, 2.45) is 5.41 Å². The largest absolute Gasteiger partial charge is 0.323 e. The van der Waals surface area contributed by atoms with Crippen molar-refractivity contribution in [2.45, 2.75) is 32.2 Å². The van der Waals surface area contributed by atoms with Gasteiger partial charge in [-0.3, -0.25) is 0 Å². The lowest BCUT2D eigenvalue weighted by atomic mass is 10.2. The zero-order valence-corrected chi connectivity index (χ0v) is 11.7. The summed E-state index contributed by atoms with van der Waals surface area (Å²) in [5, 5.41) is 0.100. The third-order valence-corrected chi connectivity index (χ3v) is 4.23. The van der Waals surface area contributed by atoms with Crippen LogP contribution in [0.5, 0.6) is 0 Å². The van der Waals surface area contributed by atoms with E-state index in [0.29, 0.717) is 17.4 Å². The monoisotopic (exact) mass is 286 g/mol. The van der Waals surface area contributed by atoms with Gasteiger partial charge in [0.05, 0.1) is 21.9 Å². The summed E-state index contributed by atoms with van der Waals surface area (Å²) in [6, 6.07) is 3.36. The normalized spacial score (nSPS) is 21.5. The van der Waals surface area contributed by atoms with E-state index in [9.17, 15) is 4.39 Å². The van der Waals surface area contributed by atoms with E-state index in [1.165, 1.54) is 6.07 Å². The quantitative estimate of drug-likeness (QED) is 0.741. The number of benzene rings is 1. The van der Waals surface area contributed by atoms with Crippen LogP contribution in [0.4, 0.5) is 4.39 Å². The van der Waals surface area contributed by atoms with E-state index in [1.54, 1.807) is 6.07 Å². The minimum Gasteiger partial charge on any atom is -0.323 e. The van der Waals surface area contributed by atoms with E-state index in [2.05, 4.69) is 23.4 Å². The van der Waals surface area contributed by atoms with Crippen LogP contribution in [0.2, 0.25) is 5.02 Å². The number of hydrogen-bond acceptors (Lipinski definition) is 1. The van der Waals surface area contributed by atoms with Gasteiger partial charge in [0.1, 0.15) is 11.6 Å². The number of aromatic nitrogens is 2. The molecular weight excluding hydrogens is 274 g/mol. The highest BCUT2D eigenvalue weighted by molar-refractivity contribution is 6.31. The standard InChI is InChI=1S/C13H13Cl2FN2/c1-13(2)5-11(13)18-10-4-8(16)7(15)3-9(10)17-12(18)6-14/h3-4,11H,5-6H2,1-2H3. The number of imidazole rings is 1.